The number of nitrogens with zero attached hydrogens (tertiary/aromatic N) is 3. The fourth-order valence-corrected chi connectivity index (χ4v) is 6.48. The highest BCUT2D eigenvalue weighted by molar-refractivity contribution is 7.70. The van der Waals surface area contributed by atoms with E-state index < -0.39 is 58.0 Å². The molecule has 1 unspecified atom stereocenters. The molecule has 1 aromatic carbocycles. The van der Waals surface area contributed by atoms with Gasteiger partial charge in [0.25, 0.3) is 0 Å². The average molecular weight is 609 g/mol. The molecule has 0 aliphatic carbocycles. The summed E-state index contributed by atoms with van der Waals surface area (Å²) in [6.07, 6.45) is -2.96. The minimum atomic E-state index is -4.87. The maximum atomic E-state index is 14.2. The van der Waals surface area contributed by atoms with E-state index in [1.165, 1.54) is 31.3 Å². The van der Waals surface area contributed by atoms with Gasteiger partial charge in [-0.25, -0.2) is 9.37 Å². The highest BCUT2D eigenvalue weighted by atomic mass is 35.5. The summed E-state index contributed by atoms with van der Waals surface area (Å²) in [5, 5.41) is 35.4. The molecule has 39 heavy (non-hydrogen) atoms. The smallest absolute Gasteiger partial charge is 0.340 e. The van der Waals surface area contributed by atoms with Crippen molar-refractivity contribution in [1.82, 2.24) is 14.5 Å². The summed E-state index contributed by atoms with van der Waals surface area (Å²) in [7, 11) is -9.60. The largest absolute Gasteiger partial charge is 0.386 e. The normalized spacial score (nSPS) is 17.4. The summed E-state index contributed by atoms with van der Waals surface area (Å²) >= 11 is 6.09. The molecule has 13 nitrogen and oxygen atoms in total. The Morgan fingerprint density at radius 3 is 2.46 bits per heavy atom. The van der Waals surface area contributed by atoms with Crippen molar-refractivity contribution in [2.45, 2.75) is 38.3 Å². The van der Waals surface area contributed by atoms with Crippen LogP contribution in [-0.2, 0) is 13.7 Å². The van der Waals surface area contributed by atoms with Crippen LogP contribution >= 0.6 is 26.8 Å². The van der Waals surface area contributed by atoms with Crippen LogP contribution in [0, 0.1) is 5.82 Å². The summed E-state index contributed by atoms with van der Waals surface area (Å²) < 4.78 is 43.0. The first-order chi connectivity index (χ1) is 18.1. The first-order valence-electron chi connectivity index (χ1n) is 11.4. The van der Waals surface area contributed by atoms with E-state index in [4.69, 9.17) is 25.9 Å². The Hall–Kier alpha value is -2.22. The van der Waals surface area contributed by atoms with Crippen molar-refractivity contribution in [1.29, 1.82) is 0 Å². The number of fused-ring (bicyclic) bond motifs is 1. The molecule has 2 heterocycles. The standard InChI is InChI=1S/C22H28ClFN4O9P2/c1-3-13(10-37-39(35,36)11-38(32,33)34)17(29)18(30)21(31)28-9-8-15-19(26-22(23)27-20(15)28)25-12(2)14-6-4-5-7-16(14)24/h3-9,12,17-18,21,29-31H,10-11H2,1-2H3,(H,35,36)(H,25,26,27)(H2,32,33,34)/b13-3-/t12-,17+,18+,21+/m0/s1. The van der Waals surface area contributed by atoms with Crippen molar-refractivity contribution in [3.05, 3.63) is 64.8 Å². The quantitative estimate of drug-likeness (QED) is 0.0900. The fraction of sp³-hybridized carbons (Fsp3) is 0.364. The first-order valence-corrected chi connectivity index (χ1v) is 15.3. The third-order valence-corrected chi connectivity index (χ3v) is 9.34. The van der Waals surface area contributed by atoms with Gasteiger partial charge < -0.3 is 44.4 Å². The number of hydrogen-bond donors (Lipinski definition) is 7. The second-order valence-electron chi connectivity index (χ2n) is 8.62. The Bertz CT molecular complexity index is 1450. The molecule has 3 rings (SSSR count). The van der Waals surface area contributed by atoms with Crippen molar-refractivity contribution >= 4 is 43.6 Å². The van der Waals surface area contributed by atoms with Gasteiger partial charge in [0.15, 0.2) is 12.1 Å². The van der Waals surface area contributed by atoms with Crippen molar-refractivity contribution in [2.75, 3.05) is 17.8 Å². The predicted molar refractivity (Wildman–Crippen MR) is 141 cm³/mol. The molecule has 0 amide bonds. The lowest BCUT2D eigenvalue weighted by molar-refractivity contribution is -0.0793. The van der Waals surface area contributed by atoms with E-state index in [0.29, 0.717) is 10.9 Å². The minimum Gasteiger partial charge on any atom is -0.386 e. The number of benzene rings is 1. The summed E-state index contributed by atoms with van der Waals surface area (Å²) in [4.78, 5) is 35.7. The number of aliphatic hydroxyl groups is 3. The summed E-state index contributed by atoms with van der Waals surface area (Å²) in [5.41, 5.74) is 0.288. The summed E-state index contributed by atoms with van der Waals surface area (Å²) in [6.45, 7) is 2.36. The highest BCUT2D eigenvalue weighted by Gasteiger charge is 2.34. The van der Waals surface area contributed by atoms with Gasteiger partial charge in [-0.05, 0) is 43.2 Å². The van der Waals surface area contributed by atoms with Crippen molar-refractivity contribution in [3.8, 4) is 0 Å². The number of anilines is 1. The molecule has 5 atom stereocenters. The van der Waals surface area contributed by atoms with Gasteiger partial charge in [-0.1, -0.05) is 24.3 Å². The van der Waals surface area contributed by atoms with Crippen LogP contribution in [0.1, 0.15) is 31.7 Å². The topological polar surface area (TPSA) is 207 Å². The molecule has 3 aromatic rings. The summed E-state index contributed by atoms with van der Waals surface area (Å²) in [5.74, 6) is -1.64. The van der Waals surface area contributed by atoms with Gasteiger partial charge in [-0.15, -0.1) is 0 Å². The van der Waals surface area contributed by atoms with Crippen LogP contribution in [0.4, 0.5) is 10.2 Å². The Labute approximate surface area is 227 Å². The van der Waals surface area contributed by atoms with Crippen LogP contribution in [0.2, 0.25) is 5.28 Å². The Morgan fingerprint density at radius 2 is 1.85 bits per heavy atom. The molecule has 0 aliphatic heterocycles. The zero-order chi connectivity index (χ0) is 29.1. The van der Waals surface area contributed by atoms with Crippen LogP contribution in [-0.4, -0.2) is 69.3 Å². The van der Waals surface area contributed by atoms with Gasteiger partial charge in [0, 0.05) is 11.8 Å². The molecule has 0 aliphatic rings. The molecule has 7 N–H and O–H groups in total. The predicted octanol–water partition coefficient (Wildman–Crippen LogP) is 2.89. The van der Waals surface area contributed by atoms with Gasteiger partial charge in [0.05, 0.1) is 18.0 Å². The lowest BCUT2D eigenvalue weighted by Crippen LogP contribution is -2.37. The molecule has 0 saturated carbocycles. The van der Waals surface area contributed by atoms with E-state index in [9.17, 15) is 33.7 Å². The Kier molecular flexibility index (Phi) is 10.1. The fourth-order valence-electron chi connectivity index (χ4n) is 3.77. The number of hydrogen-bond acceptors (Lipinski definition) is 9. The Balaban J connectivity index is 1.82. The van der Waals surface area contributed by atoms with Crippen LogP contribution < -0.4 is 5.32 Å². The van der Waals surface area contributed by atoms with Crippen LogP contribution in [0.15, 0.2) is 48.2 Å². The van der Waals surface area contributed by atoms with Crippen molar-refractivity contribution in [3.63, 3.8) is 0 Å². The molecule has 0 saturated heterocycles. The number of aromatic nitrogens is 3. The zero-order valence-electron chi connectivity index (χ0n) is 20.7. The number of aliphatic hydroxyl groups excluding tert-OH is 3. The molecular weight excluding hydrogens is 581 g/mol. The van der Waals surface area contributed by atoms with E-state index in [-0.39, 0.29) is 22.3 Å². The minimum absolute atomic E-state index is 0.0664. The van der Waals surface area contributed by atoms with Gasteiger partial charge in [0.1, 0.15) is 29.5 Å². The second kappa shape index (κ2) is 12.5. The number of rotatable bonds is 12. The van der Waals surface area contributed by atoms with E-state index in [1.54, 1.807) is 25.1 Å². The Morgan fingerprint density at radius 1 is 1.18 bits per heavy atom. The van der Waals surface area contributed by atoms with Gasteiger partial charge in [-0.2, -0.15) is 4.98 Å². The maximum absolute atomic E-state index is 14.2. The summed E-state index contributed by atoms with van der Waals surface area (Å²) in [6, 6.07) is 7.13. The molecular formula is C22H28ClFN4O9P2. The lowest BCUT2D eigenvalue weighted by Gasteiger charge is -2.26. The van der Waals surface area contributed by atoms with Gasteiger partial charge in [-0.3, -0.25) is 9.13 Å². The second-order valence-corrected chi connectivity index (χ2v) is 13.0. The van der Waals surface area contributed by atoms with E-state index in [0.717, 1.165) is 4.57 Å². The van der Waals surface area contributed by atoms with Crippen LogP contribution in [0.5, 0.6) is 0 Å². The van der Waals surface area contributed by atoms with E-state index in [1.807, 2.05) is 0 Å². The molecule has 0 radical (unpaired) electrons. The molecule has 0 fully saturated rings. The van der Waals surface area contributed by atoms with Crippen LogP contribution in [0.3, 0.4) is 0 Å². The SMILES string of the molecule is C/C=C(/COP(=O)(O)CP(=O)(O)O)[C@@H](O)[C@@H](O)[C@@H](O)n1ccc2c(N[C@@H](C)c3ccccc3F)nc(Cl)nc21. The molecule has 0 spiro atoms. The number of allylic oxidation sites excluding steroid dienone is 1. The third-order valence-electron chi connectivity index (χ3n) is 5.73. The first kappa shape index (κ1) is 31.3. The molecule has 0 bridgehead atoms. The van der Waals surface area contributed by atoms with Crippen molar-refractivity contribution < 1.29 is 48.0 Å². The average Bonchev–Trinajstić information content (AvgIpc) is 3.25. The molecule has 214 valence electrons. The monoisotopic (exact) mass is 608 g/mol. The number of nitrogens with one attached hydrogen (secondary N) is 1. The van der Waals surface area contributed by atoms with Crippen molar-refractivity contribution in [2.24, 2.45) is 0 Å². The molecule has 2 aromatic heterocycles. The van der Waals surface area contributed by atoms with Crippen LogP contribution in [0.25, 0.3) is 11.0 Å². The third kappa shape index (κ3) is 7.92. The lowest BCUT2D eigenvalue weighted by atomic mass is 10.0. The molecule has 17 heteroatoms. The van der Waals surface area contributed by atoms with E-state index >= 15 is 0 Å². The van der Waals surface area contributed by atoms with Gasteiger partial charge in [0.2, 0.25) is 5.28 Å². The van der Waals surface area contributed by atoms with Gasteiger partial charge >= 0.3 is 15.2 Å². The highest BCUT2D eigenvalue weighted by Crippen LogP contribution is 2.55. The zero-order valence-corrected chi connectivity index (χ0v) is 23.2. The maximum Gasteiger partial charge on any atom is 0.340 e. The van der Waals surface area contributed by atoms with E-state index in [2.05, 4.69) is 15.3 Å². The number of halogens is 2.